The van der Waals surface area contributed by atoms with Crippen molar-refractivity contribution >= 4 is 38.0 Å². The van der Waals surface area contributed by atoms with Crippen LogP contribution in [0.5, 0.6) is 5.75 Å². The molecule has 8 nitrogen and oxygen atoms in total. The summed E-state index contributed by atoms with van der Waals surface area (Å²) in [6.07, 6.45) is 0. The maximum Gasteiger partial charge on any atom is 1.00 e. The standard InChI is InChI=1S/C22H17N3O4S.Na.H2O/c23-21-11-12-22(19-10-9-18(13-20(19)21)30(27,28)29)25-24-16-5-1-14(2-6-16)15-3-7-17(26)8-4-15;;/h1-13,26H,23H2,(H,27,28,29);;1H2/q;+1;/p-1. The van der Waals surface area contributed by atoms with E-state index >= 15 is 0 Å². The van der Waals surface area contributed by atoms with Crippen LogP contribution in [0.3, 0.4) is 0 Å². The third kappa shape index (κ3) is 5.52. The van der Waals surface area contributed by atoms with E-state index in [2.05, 4.69) is 10.2 Å². The van der Waals surface area contributed by atoms with Gasteiger partial charge in [0, 0.05) is 16.5 Å². The van der Waals surface area contributed by atoms with Crippen LogP contribution in [0.2, 0.25) is 0 Å². The molecule has 5 N–H and O–H groups in total. The van der Waals surface area contributed by atoms with Crippen LogP contribution in [0, 0.1) is 0 Å². The predicted octanol–water partition coefficient (Wildman–Crippen LogP) is 1.29. The molecule has 0 radical (unpaired) electrons. The van der Waals surface area contributed by atoms with E-state index in [4.69, 9.17) is 5.73 Å². The molecule has 0 aliphatic carbocycles. The first kappa shape index (κ1) is 25.5. The number of hydrogen-bond acceptors (Lipinski definition) is 7. The number of phenolic OH excluding ortho intramolecular Hbond substituents is 1. The number of rotatable bonds is 4. The average molecular weight is 459 g/mol. The summed E-state index contributed by atoms with van der Waals surface area (Å²) in [5, 5.41) is 18.9. The SMILES string of the molecule is Nc1ccc(N=Nc2ccc(-c3ccc(O)cc3)cc2)c2ccc(S(=O)(=O)[O-])cc12.O.[Na+]. The van der Waals surface area contributed by atoms with Crippen molar-refractivity contribution in [2.24, 2.45) is 10.2 Å². The molecule has 4 aromatic rings. The number of nitrogen functional groups attached to an aromatic ring is 1. The van der Waals surface area contributed by atoms with Crippen LogP contribution in [0.4, 0.5) is 17.1 Å². The van der Waals surface area contributed by atoms with E-state index in [0.29, 0.717) is 27.8 Å². The van der Waals surface area contributed by atoms with E-state index in [1.54, 1.807) is 24.3 Å². The molecular formula is C22H18N3NaO5S. The van der Waals surface area contributed by atoms with Crippen molar-refractivity contribution in [3.8, 4) is 16.9 Å². The number of hydrogen-bond donors (Lipinski definition) is 2. The predicted molar refractivity (Wildman–Crippen MR) is 118 cm³/mol. The zero-order valence-corrected chi connectivity index (χ0v) is 19.9. The summed E-state index contributed by atoms with van der Waals surface area (Å²) in [7, 11) is -4.58. The Morgan fingerprint density at radius 1 is 0.781 bits per heavy atom. The Bertz CT molecular complexity index is 1370. The molecule has 0 saturated carbocycles. The number of aromatic hydroxyl groups is 1. The minimum Gasteiger partial charge on any atom is -0.744 e. The maximum absolute atomic E-state index is 11.3. The summed E-state index contributed by atoms with van der Waals surface area (Å²) >= 11 is 0. The first-order valence-electron chi connectivity index (χ1n) is 8.91. The number of azo groups is 1. The van der Waals surface area contributed by atoms with E-state index in [-0.39, 0.29) is 45.7 Å². The second-order valence-corrected chi connectivity index (χ2v) is 8.01. The monoisotopic (exact) mass is 459 g/mol. The van der Waals surface area contributed by atoms with E-state index in [1.807, 2.05) is 36.4 Å². The molecule has 32 heavy (non-hydrogen) atoms. The summed E-state index contributed by atoms with van der Waals surface area (Å²) in [6, 6.07) is 21.6. The van der Waals surface area contributed by atoms with Gasteiger partial charge in [0.05, 0.1) is 16.3 Å². The number of nitrogens with zero attached hydrogens (tertiary/aromatic N) is 2. The second kappa shape index (κ2) is 10.2. The van der Waals surface area contributed by atoms with Gasteiger partial charge >= 0.3 is 29.6 Å². The van der Waals surface area contributed by atoms with Crippen LogP contribution < -0.4 is 35.3 Å². The number of anilines is 1. The molecule has 4 rings (SSSR count). The second-order valence-electron chi connectivity index (χ2n) is 6.63. The Hall–Kier alpha value is -2.79. The van der Waals surface area contributed by atoms with Crippen LogP contribution in [0.1, 0.15) is 0 Å². The normalized spacial score (nSPS) is 11.2. The van der Waals surface area contributed by atoms with Crippen LogP contribution in [-0.2, 0) is 10.1 Å². The topological polar surface area (TPSA) is 160 Å². The fourth-order valence-electron chi connectivity index (χ4n) is 3.06. The molecule has 0 bridgehead atoms. The number of benzene rings is 4. The summed E-state index contributed by atoms with van der Waals surface area (Å²) in [5.41, 5.74) is 9.34. The molecule has 0 spiro atoms. The Morgan fingerprint density at radius 2 is 1.38 bits per heavy atom. The third-order valence-corrected chi connectivity index (χ3v) is 5.46. The molecule has 0 amide bonds. The Labute approximate surface area is 206 Å². The van der Waals surface area contributed by atoms with Gasteiger partial charge in [-0.2, -0.15) is 5.11 Å². The van der Waals surface area contributed by atoms with Crippen molar-refractivity contribution in [1.29, 1.82) is 0 Å². The summed E-state index contributed by atoms with van der Waals surface area (Å²) < 4.78 is 33.8. The van der Waals surface area contributed by atoms with E-state index in [0.717, 1.165) is 11.1 Å². The van der Waals surface area contributed by atoms with Crippen molar-refractivity contribution in [3.63, 3.8) is 0 Å². The van der Waals surface area contributed by atoms with Crippen LogP contribution >= 0.6 is 0 Å². The van der Waals surface area contributed by atoms with Crippen LogP contribution in [-0.4, -0.2) is 23.6 Å². The van der Waals surface area contributed by atoms with Crippen molar-refractivity contribution in [2.75, 3.05) is 5.73 Å². The molecule has 0 heterocycles. The maximum atomic E-state index is 11.3. The number of phenols is 1. The molecule has 0 aliphatic rings. The zero-order valence-electron chi connectivity index (χ0n) is 17.1. The molecule has 158 valence electrons. The first-order chi connectivity index (χ1) is 14.3. The van der Waals surface area contributed by atoms with Gasteiger partial charge in [-0.05, 0) is 59.7 Å². The largest absolute Gasteiger partial charge is 1.00 e. The molecule has 0 fully saturated rings. The summed E-state index contributed by atoms with van der Waals surface area (Å²) in [6.45, 7) is 0. The van der Waals surface area contributed by atoms with Crippen LogP contribution in [0.15, 0.2) is 94.0 Å². The Morgan fingerprint density at radius 3 is 1.97 bits per heavy atom. The van der Waals surface area contributed by atoms with Crippen molar-refractivity contribution < 1.29 is 53.1 Å². The van der Waals surface area contributed by atoms with Gasteiger partial charge in [0.15, 0.2) is 0 Å². The van der Waals surface area contributed by atoms with Gasteiger partial charge in [-0.3, -0.25) is 0 Å². The molecule has 0 atom stereocenters. The number of fused-ring (bicyclic) bond motifs is 1. The molecule has 0 saturated heterocycles. The van der Waals surface area contributed by atoms with Crippen molar-refractivity contribution in [3.05, 3.63) is 78.9 Å². The van der Waals surface area contributed by atoms with Gasteiger partial charge in [0.25, 0.3) is 0 Å². The fourth-order valence-corrected chi connectivity index (χ4v) is 3.56. The zero-order chi connectivity index (χ0) is 21.3. The molecule has 4 aromatic carbocycles. The fraction of sp³-hybridized carbons (Fsp3) is 0. The van der Waals surface area contributed by atoms with Crippen molar-refractivity contribution in [2.45, 2.75) is 4.90 Å². The van der Waals surface area contributed by atoms with Gasteiger partial charge in [-0.15, -0.1) is 5.11 Å². The minimum atomic E-state index is -4.58. The molecule has 0 aliphatic heterocycles. The van der Waals surface area contributed by atoms with E-state index in [1.165, 1.54) is 18.2 Å². The van der Waals surface area contributed by atoms with E-state index in [9.17, 15) is 18.1 Å². The van der Waals surface area contributed by atoms with Crippen LogP contribution in [0.25, 0.3) is 21.9 Å². The Balaban J connectivity index is 0.00000181. The molecule has 0 unspecified atom stereocenters. The molecular weight excluding hydrogens is 441 g/mol. The van der Waals surface area contributed by atoms with Gasteiger partial charge in [0.1, 0.15) is 15.9 Å². The quantitative estimate of drug-likeness (QED) is 0.203. The van der Waals surface area contributed by atoms with Crippen molar-refractivity contribution in [1.82, 2.24) is 0 Å². The third-order valence-electron chi connectivity index (χ3n) is 4.63. The van der Waals surface area contributed by atoms with Gasteiger partial charge in [0.2, 0.25) is 0 Å². The first-order valence-corrected chi connectivity index (χ1v) is 10.3. The molecule has 10 heteroatoms. The van der Waals surface area contributed by atoms with Gasteiger partial charge < -0.3 is 20.9 Å². The smallest absolute Gasteiger partial charge is 0.744 e. The minimum absolute atomic E-state index is 0. The molecule has 0 aromatic heterocycles. The summed E-state index contributed by atoms with van der Waals surface area (Å²) in [4.78, 5) is -0.347. The van der Waals surface area contributed by atoms with Gasteiger partial charge in [-0.1, -0.05) is 30.3 Å². The number of nitrogens with two attached hydrogens (primary N) is 1. The Kier molecular flexibility index (Phi) is 8.13. The van der Waals surface area contributed by atoms with Gasteiger partial charge in [-0.25, -0.2) is 8.42 Å². The van der Waals surface area contributed by atoms with E-state index < -0.39 is 10.1 Å². The average Bonchev–Trinajstić information content (AvgIpc) is 2.73. The summed E-state index contributed by atoms with van der Waals surface area (Å²) in [5.74, 6) is 0.208.